The van der Waals surface area contributed by atoms with Gasteiger partial charge in [-0.05, 0) is 31.4 Å². The largest absolute Gasteiger partial charge is 0.459 e. The quantitative estimate of drug-likeness (QED) is 0.407. The van der Waals surface area contributed by atoms with Crippen LogP contribution in [-0.4, -0.2) is 59.4 Å². The Balaban J connectivity index is 1.92. The van der Waals surface area contributed by atoms with Crippen LogP contribution < -0.4 is 0 Å². The third-order valence-electron chi connectivity index (χ3n) is 5.14. The van der Waals surface area contributed by atoms with Crippen LogP contribution in [0.15, 0.2) is 35.5 Å². The number of hydrogen-bond acceptors (Lipinski definition) is 6. The minimum Gasteiger partial charge on any atom is -0.459 e. The number of allylic oxidation sites excluding steroid dienone is 1. The Kier molecular flexibility index (Phi) is 4.36. The lowest BCUT2D eigenvalue weighted by molar-refractivity contribution is -0.160. The highest BCUT2D eigenvalue weighted by molar-refractivity contribution is 5.90. The molecule has 0 aromatic rings. The molecule has 2 saturated heterocycles. The van der Waals surface area contributed by atoms with E-state index in [0.717, 1.165) is 25.1 Å². The van der Waals surface area contributed by atoms with Crippen molar-refractivity contribution in [2.24, 2.45) is 0 Å². The van der Waals surface area contributed by atoms with E-state index < -0.39 is 17.5 Å². The van der Waals surface area contributed by atoms with Gasteiger partial charge in [0.2, 0.25) is 0 Å². The van der Waals surface area contributed by atoms with Gasteiger partial charge in [-0.25, -0.2) is 9.59 Å². The fourth-order valence-electron chi connectivity index (χ4n) is 3.47. The first-order valence-electron chi connectivity index (χ1n) is 8.21. The number of esters is 2. The summed E-state index contributed by atoms with van der Waals surface area (Å²) in [6.07, 6.45) is 4.23. The Morgan fingerprint density at radius 2 is 2.21 bits per heavy atom. The van der Waals surface area contributed by atoms with Gasteiger partial charge in [-0.15, -0.1) is 0 Å². The number of hydrogen-bond donors (Lipinski definition) is 1. The third-order valence-corrected chi connectivity index (χ3v) is 5.14. The van der Waals surface area contributed by atoms with Gasteiger partial charge in [0, 0.05) is 25.1 Å². The van der Waals surface area contributed by atoms with Gasteiger partial charge in [0.25, 0.3) is 0 Å². The standard InChI is InChI=1S/C18H23NO5/c1-4-12-9-11(2)18(3,22)17(21)23-10-13-5-7-19-8-6-14(15(13)19)24-16(12)20/h4-5,14-15,22H,2,6-10H2,1,3H3/b12-4-/t14-,15-,18+/m1/s1. The van der Waals surface area contributed by atoms with E-state index >= 15 is 0 Å². The summed E-state index contributed by atoms with van der Waals surface area (Å²) in [6, 6.07) is -0.0487. The summed E-state index contributed by atoms with van der Waals surface area (Å²) in [6.45, 7) is 8.53. The molecule has 0 aromatic heterocycles. The lowest BCUT2D eigenvalue weighted by Gasteiger charge is -2.28. The van der Waals surface area contributed by atoms with E-state index in [9.17, 15) is 14.7 Å². The normalized spacial score (nSPS) is 36.5. The Morgan fingerprint density at radius 1 is 1.46 bits per heavy atom. The van der Waals surface area contributed by atoms with Crippen molar-refractivity contribution < 1.29 is 24.2 Å². The van der Waals surface area contributed by atoms with Gasteiger partial charge in [-0.3, -0.25) is 4.90 Å². The van der Waals surface area contributed by atoms with Crippen LogP contribution >= 0.6 is 0 Å². The molecule has 0 saturated carbocycles. The first-order chi connectivity index (χ1) is 11.3. The average Bonchev–Trinajstić information content (AvgIpc) is 3.12. The van der Waals surface area contributed by atoms with Crippen LogP contribution in [0.5, 0.6) is 0 Å². The van der Waals surface area contributed by atoms with Crippen LogP contribution in [0.1, 0.15) is 26.7 Å². The minimum atomic E-state index is -1.85. The molecular weight excluding hydrogens is 310 g/mol. The number of carbonyl (C=O) groups is 2. The van der Waals surface area contributed by atoms with Crippen molar-refractivity contribution in [1.29, 1.82) is 0 Å². The van der Waals surface area contributed by atoms with Crippen molar-refractivity contribution in [2.75, 3.05) is 19.7 Å². The van der Waals surface area contributed by atoms with Crippen LogP contribution in [0.3, 0.4) is 0 Å². The summed E-state index contributed by atoms with van der Waals surface area (Å²) in [5, 5.41) is 10.5. The van der Waals surface area contributed by atoms with Gasteiger partial charge in [-0.1, -0.05) is 18.7 Å². The lowest BCUT2D eigenvalue weighted by atomic mass is 9.91. The molecule has 3 aliphatic rings. The molecule has 3 rings (SSSR count). The Morgan fingerprint density at radius 3 is 2.92 bits per heavy atom. The van der Waals surface area contributed by atoms with Crippen molar-refractivity contribution in [2.45, 2.75) is 44.4 Å². The summed E-state index contributed by atoms with van der Waals surface area (Å²) < 4.78 is 11.1. The van der Waals surface area contributed by atoms with Crippen molar-refractivity contribution in [3.63, 3.8) is 0 Å². The highest BCUT2D eigenvalue weighted by atomic mass is 16.6. The zero-order chi connectivity index (χ0) is 17.5. The van der Waals surface area contributed by atoms with Gasteiger partial charge >= 0.3 is 11.9 Å². The highest BCUT2D eigenvalue weighted by Gasteiger charge is 2.44. The number of cyclic esters (lactones) is 1. The van der Waals surface area contributed by atoms with E-state index in [1.807, 2.05) is 6.08 Å². The molecule has 0 aliphatic carbocycles. The zero-order valence-corrected chi connectivity index (χ0v) is 14.1. The van der Waals surface area contributed by atoms with Crippen LogP contribution in [0, 0.1) is 0 Å². The minimum absolute atomic E-state index is 0.0487. The highest BCUT2D eigenvalue weighted by Crippen LogP contribution is 2.33. The van der Waals surface area contributed by atoms with Crippen LogP contribution in [0.2, 0.25) is 0 Å². The van der Waals surface area contributed by atoms with Gasteiger partial charge in [-0.2, -0.15) is 0 Å². The van der Waals surface area contributed by atoms with Crippen LogP contribution in [0.25, 0.3) is 0 Å². The topological polar surface area (TPSA) is 76.1 Å². The van der Waals surface area contributed by atoms with Crippen molar-refractivity contribution >= 4 is 11.9 Å². The maximum atomic E-state index is 12.5. The maximum Gasteiger partial charge on any atom is 0.342 e. The molecule has 0 amide bonds. The molecule has 1 N–H and O–H groups in total. The smallest absolute Gasteiger partial charge is 0.342 e. The van der Waals surface area contributed by atoms with Crippen LogP contribution in [-0.2, 0) is 19.1 Å². The lowest BCUT2D eigenvalue weighted by Crippen LogP contribution is -2.42. The molecule has 3 atom stereocenters. The number of nitrogens with zero attached hydrogens (tertiary/aromatic N) is 1. The second kappa shape index (κ2) is 6.18. The molecule has 0 radical (unpaired) electrons. The summed E-state index contributed by atoms with van der Waals surface area (Å²) in [5.74, 6) is -1.16. The van der Waals surface area contributed by atoms with E-state index in [0.29, 0.717) is 5.57 Å². The number of aliphatic hydroxyl groups is 1. The molecule has 0 aromatic carbocycles. The van der Waals surface area contributed by atoms with E-state index in [-0.39, 0.29) is 30.7 Å². The summed E-state index contributed by atoms with van der Waals surface area (Å²) >= 11 is 0. The second-order valence-corrected chi connectivity index (χ2v) is 6.69. The molecule has 130 valence electrons. The molecule has 6 heteroatoms. The zero-order valence-electron chi connectivity index (χ0n) is 14.1. The maximum absolute atomic E-state index is 12.5. The Bertz CT molecular complexity index is 646. The first-order valence-corrected chi connectivity index (χ1v) is 8.21. The number of rotatable bonds is 0. The van der Waals surface area contributed by atoms with Gasteiger partial charge < -0.3 is 14.6 Å². The van der Waals surface area contributed by atoms with E-state index in [4.69, 9.17) is 9.47 Å². The molecule has 6 nitrogen and oxygen atoms in total. The Hall–Kier alpha value is -1.92. The van der Waals surface area contributed by atoms with Crippen molar-refractivity contribution in [3.05, 3.63) is 35.5 Å². The molecule has 24 heavy (non-hydrogen) atoms. The van der Waals surface area contributed by atoms with E-state index in [1.54, 1.807) is 13.0 Å². The summed E-state index contributed by atoms with van der Waals surface area (Å²) in [4.78, 5) is 27.0. The summed E-state index contributed by atoms with van der Waals surface area (Å²) in [7, 11) is 0. The Labute approximate surface area is 141 Å². The molecule has 0 bridgehead atoms. The molecule has 0 spiro atoms. The summed E-state index contributed by atoms with van der Waals surface area (Å²) in [5.41, 5.74) is -0.330. The predicted molar refractivity (Wildman–Crippen MR) is 87.0 cm³/mol. The number of ether oxygens (including phenoxy) is 2. The third kappa shape index (κ3) is 2.80. The molecule has 3 aliphatic heterocycles. The molecule has 0 unspecified atom stereocenters. The number of carbonyl (C=O) groups excluding carboxylic acids is 2. The van der Waals surface area contributed by atoms with Crippen molar-refractivity contribution in [1.82, 2.24) is 4.90 Å². The van der Waals surface area contributed by atoms with Crippen LogP contribution in [0.4, 0.5) is 0 Å². The average molecular weight is 333 g/mol. The molecular formula is C18H23NO5. The van der Waals surface area contributed by atoms with E-state index in [1.165, 1.54) is 6.92 Å². The van der Waals surface area contributed by atoms with Gasteiger partial charge in [0.15, 0.2) is 5.60 Å². The SMILES string of the molecule is C=C1C/C(=C/C)C(=O)O[C@@H]2CCN3CC=C(COC(=O)[C@@]1(C)O)[C@H]23. The second-order valence-electron chi connectivity index (χ2n) is 6.69. The van der Waals surface area contributed by atoms with Gasteiger partial charge in [0.05, 0.1) is 6.04 Å². The fraction of sp³-hybridized carbons (Fsp3) is 0.556. The fourth-order valence-corrected chi connectivity index (χ4v) is 3.47. The van der Waals surface area contributed by atoms with E-state index in [2.05, 4.69) is 11.5 Å². The first kappa shape index (κ1) is 16.9. The molecule has 3 heterocycles. The predicted octanol–water partition coefficient (Wildman–Crippen LogP) is 1.11. The van der Waals surface area contributed by atoms with Gasteiger partial charge in [0.1, 0.15) is 12.7 Å². The molecule has 2 fully saturated rings. The van der Waals surface area contributed by atoms with Crippen molar-refractivity contribution in [3.8, 4) is 0 Å². The monoisotopic (exact) mass is 333 g/mol.